The van der Waals surface area contributed by atoms with E-state index in [9.17, 15) is 9.59 Å². The van der Waals surface area contributed by atoms with Crippen LogP contribution in [0.1, 0.15) is 40.0 Å². The van der Waals surface area contributed by atoms with Crippen LogP contribution in [0.4, 0.5) is 0 Å². The Bertz CT molecular complexity index is 1160. The maximum atomic E-state index is 13.2. The number of para-hydroxylation sites is 1. The zero-order valence-corrected chi connectivity index (χ0v) is 18.1. The number of nitrogens with zero attached hydrogens (tertiary/aromatic N) is 1. The molecule has 6 heteroatoms. The van der Waals surface area contributed by atoms with Gasteiger partial charge in [-0.15, -0.1) is 0 Å². The molecule has 3 aromatic rings. The molecule has 0 atom stereocenters. The Labute approximate surface area is 187 Å². The molecule has 0 fully saturated rings. The van der Waals surface area contributed by atoms with Crippen LogP contribution in [0.15, 0.2) is 54.6 Å². The molecular weight excluding hydrogens is 404 g/mol. The van der Waals surface area contributed by atoms with Gasteiger partial charge in [-0.2, -0.15) is 0 Å². The molecule has 0 radical (unpaired) electrons. The van der Waals surface area contributed by atoms with E-state index in [4.69, 9.17) is 14.5 Å². The number of esters is 1. The Morgan fingerprint density at radius 3 is 2.66 bits per heavy atom. The number of aromatic nitrogens is 1. The number of nitrogens with one attached hydrogen (secondary N) is 1. The maximum absolute atomic E-state index is 13.2. The van der Waals surface area contributed by atoms with Crippen LogP contribution in [0.25, 0.3) is 22.6 Å². The summed E-state index contributed by atoms with van der Waals surface area (Å²) in [4.78, 5) is 30.1. The summed E-state index contributed by atoms with van der Waals surface area (Å²) >= 11 is 0. The van der Waals surface area contributed by atoms with E-state index in [0.717, 1.165) is 52.6 Å². The van der Waals surface area contributed by atoms with Gasteiger partial charge >= 0.3 is 5.97 Å². The van der Waals surface area contributed by atoms with E-state index < -0.39 is 5.97 Å². The number of benzene rings is 2. The van der Waals surface area contributed by atoms with Crippen LogP contribution in [-0.4, -0.2) is 43.7 Å². The summed E-state index contributed by atoms with van der Waals surface area (Å²) < 4.78 is 10.3. The highest BCUT2D eigenvalue weighted by atomic mass is 16.5. The lowest BCUT2D eigenvalue weighted by Crippen LogP contribution is -2.31. The van der Waals surface area contributed by atoms with E-state index >= 15 is 0 Å². The molecule has 0 bridgehead atoms. The van der Waals surface area contributed by atoms with Gasteiger partial charge in [0.25, 0.3) is 5.91 Å². The number of carbonyl (C=O) groups is 2. The summed E-state index contributed by atoms with van der Waals surface area (Å²) in [5.41, 5.74) is 5.19. The Morgan fingerprint density at radius 2 is 1.84 bits per heavy atom. The van der Waals surface area contributed by atoms with Crippen molar-refractivity contribution < 1.29 is 19.1 Å². The highest BCUT2D eigenvalue weighted by molar-refractivity contribution is 6.07. The van der Waals surface area contributed by atoms with E-state index in [1.807, 2.05) is 42.5 Å². The highest BCUT2D eigenvalue weighted by Crippen LogP contribution is 2.36. The molecule has 1 N–H and O–H groups in total. The second-order valence-corrected chi connectivity index (χ2v) is 7.68. The Hall–Kier alpha value is -3.51. The first-order valence-electron chi connectivity index (χ1n) is 10.8. The number of ether oxygens (including phenoxy) is 2. The number of allylic oxidation sites excluding steroid dienone is 1. The van der Waals surface area contributed by atoms with Crippen molar-refractivity contribution >= 4 is 34.4 Å². The molecule has 1 aliphatic carbocycles. The Balaban J connectivity index is 1.69. The van der Waals surface area contributed by atoms with Gasteiger partial charge in [-0.3, -0.25) is 4.79 Å². The van der Waals surface area contributed by atoms with E-state index in [1.54, 1.807) is 7.11 Å². The summed E-state index contributed by atoms with van der Waals surface area (Å²) in [5, 5.41) is 3.41. The molecule has 0 unspecified atom stereocenters. The van der Waals surface area contributed by atoms with Crippen LogP contribution in [0.2, 0.25) is 0 Å². The predicted molar refractivity (Wildman–Crippen MR) is 124 cm³/mol. The van der Waals surface area contributed by atoms with Crippen LogP contribution in [0.3, 0.4) is 0 Å². The van der Waals surface area contributed by atoms with Gasteiger partial charge in [-0.1, -0.05) is 48.5 Å². The van der Waals surface area contributed by atoms with Crippen LogP contribution in [-0.2, 0) is 20.7 Å². The Morgan fingerprint density at radius 1 is 1.06 bits per heavy atom. The number of methoxy groups -OCH3 is 1. The fourth-order valence-corrected chi connectivity index (χ4v) is 4.01. The molecule has 6 nitrogen and oxygen atoms in total. The quantitative estimate of drug-likeness (QED) is 0.452. The number of rotatable bonds is 7. The topological polar surface area (TPSA) is 77.5 Å². The highest BCUT2D eigenvalue weighted by Gasteiger charge is 2.26. The van der Waals surface area contributed by atoms with Crippen molar-refractivity contribution in [2.75, 3.05) is 26.9 Å². The van der Waals surface area contributed by atoms with E-state index in [0.29, 0.717) is 18.7 Å². The lowest BCUT2D eigenvalue weighted by atomic mass is 9.86. The fraction of sp³-hybridized carbons (Fsp3) is 0.269. The molecule has 164 valence electrons. The number of amides is 1. The normalized spacial score (nSPS) is 14.2. The molecular formula is C26H26N2O4. The summed E-state index contributed by atoms with van der Waals surface area (Å²) in [6.07, 6.45) is 4.69. The van der Waals surface area contributed by atoms with Gasteiger partial charge < -0.3 is 14.8 Å². The first kappa shape index (κ1) is 21.7. The number of pyridine rings is 1. The van der Waals surface area contributed by atoms with Gasteiger partial charge in [0, 0.05) is 19.0 Å². The number of carbonyl (C=O) groups excluding carboxylic acids is 2. The van der Waals surface area contributed by atoms with Crippen molar-refractivity contribution in [2.24, 2.45) is 0 Å². The zero-order valence-electron chi connectivity index (χ0n) is 18.1. The van der Waals surface area contributed by atoms with Crippen LogP contribution in [0, 0.1) is 0 Å². The lowest BCUT2D eigenvalue weighted by molar-refractivity contribution is -0.124. The average molecular weight is 431 g/mol. The minimum atomic E-state index is -0.497. The van der Waals surface area contributed by atoms with Gasteiger partial charge in [-0.05, 0) is 48.1 Å². The van der Waals surface area contributed by atoms with Crippen LogP contribution >= 0.6 is 0 Å². The van der Waals surface area contributed by atoms with Crippen molar-refractivity contribution in [1.29, 1.82) is 0 Å². The van der Waals surface area contributed by atoms with Gasteiger partial charge in [0.1, 0.15) is 0 Å². The second-order valence-electron chi connectivity index (χ2n) is 7.68. The smallest absolute Gasteiger partial charge is 0.339 e. The monoisotopic (exact) mass is 430 g/mol. The number of hydrogen-bond acceptors (Lipinski definition) is 5. The van der Waals surface area contributed by atoms with E-state index in [2.05, 4.69) is 23.5 Å². The van der Waals surface area contributed by atoms with E-state index in [1.165, 1.54) is 0 Å². The van der Waals surface area contributed by atoms with Gasteiger partial charge in [0.05, 0.1) is 23.4 Å². The molecule has 0 saturated heterocycles. The van der Waals surface area contributed by atoms with Crippen molar-refractivity contribution in [3.8, 4) is 0 Å². The predicted octanol–water partition coefficient (Wildman–Crippen LogP) is 4.03. The maximum Gasteiger partial charge on any atom is 0.339 e. The van der Waals surface area contributed by atoms with Crippen molar-refractivity contribution in [3.63, 3.8) is 0 Å². The van der Waals surface area contributed by atoms with Gasteiger partial charge in [0.15, 0.2) is 6.61 Å². The minimum absolute atomic E-state index is 0.333. The van der Waals surface area contributed by atoms with Crippen LogP contribution in [0.5, 0.6) is 0 Å². The largest absolute Gasteiger partial charge is 0.452 e. The molecule has 1 amide bonds. The molecule has 1 aromatic heterocycles. The summed E-state index contributed by atoms with van der Waals surface area (Å²) in [5.74, 6) is -0.852. The third-order valence-electron chi connectivity index (χ3n) is 5.48. The molecule has 4 rings (SSSR count). The summed E-state index contributed by atoms with van der Waals surface area (Å²) in [6, 6.07) is 17.7. The fourth-order valence-electron chi connectivity index (χ4n) is 4.01. The van der Waals surface area contributed by atoms with E-state index in [-0.39, 0.29) is 12.5 Å². The molecule has 0 spiro atoms. The summed E-state index contributed by atoms with van der Waals surface area (Å²) in [7, 11) is 1.56. The molecule has 1 heterocycles. The standard InChI is InChI=1S/C26H26N2O4/c1-31-15-14-27-23(29)17-32-26(30)24-20-11-5-6-13-22(20)28-25-19(10-7-12-21(24)25)16-18-8-3-2-4-9-18/h2-6,8-9,11,13,16H,7,10,12,14-15,17H2,1H3,(H,27,29). The third kappa shape index (κ3) is 4.86. The molecule has 0 saturated carbocycles. The first-order chi connectivity index (χ1) is 15.7. The molecule has 1 aliphatic rings. The van der Waals surface area contributed by atoms with Crippen LogP contribution < -0.4 is 5.32 Å². The first-order valence-corrected chi connectivity index (χ1v) is 10.8. The molecule has 0 aliphatic heterocycles. The number of fused-ring (bicyclic) bond motifs is 2. The average Bonchev–Trinajstić information content (AvgIpc) is 2.82. The third-order valence-corrected chi connectivity index (χ3v) is 5.48. The minimum Gasteiger partial charge on any atom is -0.452 e. The SMILES string of the molecule is COCCNC(=O)COC(=O)c1c2c(nc3ccccc13)C(=Cc1ccccc1)CCC2. The van der Waals surface area contributed by atoms with Crippen molar-refractivity contribution in [2.45, 2.75) is 19.3 Å². The second kappa shape index (κ2) is 10.2. The summed E-state index contributed by atoms with van der Waals surface area (Å²) in [6.45, 7) is 0.438. The number of hydrogen-bond donors (Lipinski definition) is 1. The van der Waals surface area contributed by atoms with Crippen molar-refractivity contribution in [3.05, 3.63) is 77.0 Å². The Kier molecular flexibility index (Phi) is 6.92. The molecule has 32 heavy (non-hydrogen) atoms. The van der Waals surface area contributed by atoms with Crippen molar-refractivity contribution in [1.82, 2.24) is 10.3 Å². The van der Waals surface area contributed by atoms with Gasteiger partial charge in [-0.25, -0.2) is 9.78 Å². The lowest BCUT2D eigenvalue weighted by Gasteiger charge is -2.22. The zero-order chi connectivity index (χ0) is 22.3. The molecule has 2 aromatic carbocycles. The van der Waals surface area contributed by atoms with Gasteiger partial charge in [0.2, 0.25) is 0 Å².